The van der Waals surface area contributed by atoms with Crippen molar-refractivity contribution in [1.82, 2.24) is 9.80 Å². The first-order chi connectivity index (χ1) is 9.22. The smallest absolute Gasteiger partial charge is 0.225 e. The normalized spacial score (nSPS) is 17.2. The monoisotopic (exact) mass is 269 g/mol. The quantitative estimate of drug-likeness (QED) is 0.729. The predicted molar refractivity (Wildman–Crippen MR) is 80.0 cm³/mol. The molecule has 4 heteroatoms. The number of rotatable bonds is 8. The van der Waals surface area contributed by atoms with Crippen molar-refractivity contribution in [1.29, 1.82) is 0 Å². The number of hydrogen-bond donors (Lipinski definition) is 1. The molecule has 1 amide bonds. The summed E-state index contributed by atoms with van der Waals surface area (Å²) in [6.07, 6.45) is 5.35. The number of carbonyl (C=O) groups is 1. The molecule has 0 spiro atoms. The summed E-state index contributed by atoms with van der Waals surface area (Å²) >= 11 is 0. The predicted octanol–water partition coefficient (Wildman–Crippen LogP) is 1.70. The molecule has 0 aliphatic carbocycles. The summed E-state index contributed by atoms with van der Waals surface area (Å²) in [5, 5.41) is 0. The lowest BCUT2D eigenvalue weighted by molar-refractivity contribution is -0.137. The first kappa shape index (κ1) is 16.4. The van der Waals surface area contributed by atoms with Crippen molar-refractivity contribution < 1.29 is 4.79 Å². The number of hydrogen-bond acceptors (Lipinski definition) is 3. The van der Waals surface area contributed by atoms with Crippen LogP contribution in [-0.4, -0.2) is 55.0 Å². The Kier molecular flexibility index (Phi) is 8.07. The van der Waals surface area contributed by atoms with Crippen molar-refractivity contribution >= 4 is 5.91 Å². The second-order valence-corrected chi connectivity index (χ2v) is 5.58. The third kappa shape index (κ3) is 5.49. The summed E-state index contributed by atoms with van der Waals surface area (Å²) in [6, 6.07) is 0. The van der Waals surface area contributed by atoms with Crippen LogP contribution in [0.2, 0.25) is 0 Å². The van der Waals surface area contributed by atoms with Gasteiger partial charge in [0.25, 0.3) is 0 Å². The van der Waals surface area contributed by atoms with E-state index >= 15 is 0 Å². The van der Waals surface area contributed by atoms with Crippen molar-refractivity contribution in [2.24, 2.45) is 11.7 Å². The summed E-state index contributed by atoms with van der Waals surface area (Å²) in [5.41, 5.74) is 5.54. The molecule has 0 aromatic rings. The average Bonchev–Trinajstić information content (AvgIpc) is 2.44. The fourth-order valence-electron chi connectivity index (χ4n) is 2.85. The van der Waals surface area contributed by atoms with E-state index < -0.39 is 0 Å². The van der Waals surface area contributed by atoms with Crippen molar-refractivity contribution in [3.05, 3.63) is 0 Å². The van der Waals surface area contributed by atoms with Crippen LogP contribution in [0.25, 0.3) is 0 Å². The van der Waals surface area contributed by atoms with Crippen molar-refractivity contribution in [2.75, 3.05) is 39.3 Å². The number of carbonyl (C=O) groups excluding carboxylic acids is 1. The van der Waals surface area contributed by atoms with Gasteiger partial charge in [0.05, 0.1) is 0 Å². The molecule has 1 aliphatic heterocycles. The Morgan fingerprint density at radius 2 is 1.68 bits per heavy atom. The van der Waals surface area contributed by atoms with E-state index in [4.69, 9.17) is 5.73 Å². The van der Waals surface area contributed by atoms with Gasteiger partial charge in [-0.2, -0.15) is 0 Å². The summed E-state index contributed by atoms with van der Waals surface area (Å²) < 4.78 is 0. The van der Waals surface area contributed by atoms with Crippen LogP contribution in [0.4, 0.5) is 0 Å². The highest BCUT2D eigenvalue weighted by atomic mass is 16.2. The van der Waals surface area contributed by atoms with Gasteiger partial charge in [-0.25, -0.2) is 0 Å². The van der Waals surface area contributed by atoms with Gasteiger partial charge in [-0.15, -0.1) is 0 Å². The molecular formula is C15H31N3O. The maximum atomic E-state index is 12.5. The molecule has 0 bridgehead atoms. The van der Waals surface area contributed by atoms with Crippen LogP contribution in [0, 0.1) is 5.92 Å². The summed E-state index contributed by atoms with van der Waals surface area (Å²) in [6.45, 7) is 9.98. The van der Waals surface area contributed by atoms with Crippen LogP contribution in [0.15, 0.2) is 0 Å². The average molecular weight is 269 g/mol. The Hall–Kier alpha value is -0.610. The van der Waals surface area contributed by atoms with E-state index in [2.05, 4.69) is 23.6 Å². The Labute approximate surface area is 118 Å². The zero-order chi connectivity index (χ0) is 14.1. The minimum Gasteiger partial charge on any atom is -0.340 e. The lowest BCUT2D eigenvalue weighted by atomic mass is 9.96. The van der Waals surface area contributed by atoms with Crippen molar-refractivity contribution in [3.8, 4) is 0 Å². The first-order valence-electron chi connectivity index (χ1n) is 7.94. The lowest BCUT2D eigenvalue weighted by Gasteiger charge is -2.36. The molecule has 1 saturated heterocycles. The Balaban J connectivity index is 2.37. The zero-order valence-corrected chi connectivity index (χ0v) is 12.7. The molecule has 4 nitrogen and oxygen atoms in total. The molecule has 1 heterocycles. The van der Waals surface area contributed by atoms with Gasteiger partial charge in [0.15, 0.2) is 0 Å². The summed E-state index contributed by atoms with van der Waals surface area (Å²) in [4.78, 5) is 17.0. The second kappa shape index (κ2) is 9.32. The fourth-order valence-corrected chi connectivity index (χ4v) is 2.85. The van der Waals surface area contributed by atoms with E-state index in [1.807, 2.05) is 0 Å². The molecule has 19 heavy (non-hydrogen) atoms. The molecule has 0 radical (unpaired) electrons. The second-order valence-electron chi connectivity index (χ2n) is 5.58. The number of nitrogens with zero attached hydrogens (tertiary/aromatic N) is 2. The third-order valence-corrected chi connectivity index (χ3v) is 3.99. The molecule has 2 N–H and O–H groups in total. The van der Waals surface area contributed by atoms with Gasteiger partial charge in [0, 0.05) is 32.1 Å². The van der Waals surface area contributed by atoms with E-state index in [1.54, 1.807) is 0 Å². The summed E-state index contributed by atoms with van der Waals surface area (Å²) in [7, 11) is 0. The van der Waals surface area contributed by atoms with Crippen LogP contribution in [0.5, 0.6) is 0 Å². The van der Waals surface area contributed by atoms with E-state index in [0.717, 1.165) is 71.4 Å². The SMILES string of the molecule is CCCC(CCC)C(=O)N1CCN(CCCN)CC1. The van der Waals surface area contributed by atoms with E-state index in [0.29, 0.717) is 5.91 Å². The standard InChI is InChI=1S/C15H31N3O/c1-3-6-14(7-4-2)15(19)18-12-10-17(11-13-18)9-5-8-16/h14H,3-13,16H2,1-2H3. The number of amides is 1. The molecule has 1 fully saturated rings. The Bertz CT molecular complexity index is 244. The van der Waals surface area contributed by atoms with Crippen LogP contribution in [0.1, 0.15) is 46.0 Å². The fraction of sp³-hybridized carbons (Fsp3) is 0.933. The minimum absolute atomic E-state index is 0.255. The van der Waals surface area contributed by atoms with E-state index in [1.165, 1.54) is 0 Å². The molecule has 1 aliphatic rings. The van der Waals surface area contributed by atoms with Gasteiger partial charge in [-0.3, -0.25) is 9.69 Å². The van der Waals surface area contributed by atoms with Crippen LogP contribution >= 0.6 is 0 Å². The van der Waals surface area contributed by atoms with Crippen LogP contribution in [-0.2, 0) is 4.79 Å². The summed E-state index contributed by atoms with van der Waals surface area (Å²) in [5.74, 6) is 0.646. The molecule has 0 unspecified atom stereocenters. The molecular weight excluding hydrogens is 238 g/mol. The number of piperazine rings is 1. The van der Waals surface area contributed by atoms with E-state index in [9.17, 15) is 4.79 Å². The number of nitrogens with two attached hydrogens (primary N) is 1. The van der Waals surface area contributed by atoms with Crippen molar-refractivity contribution in [3.63, 3.8) is 0 Å². The zero-order valence-electron chi connectivity index (χ0n) is 12.7. The van der Waals surface area contributed by atoms with Gasteiger partial charge in [-0.05, 0) is 32.4 Å². The van der Waals surface area contributed by atoms with Gasteiger partial charge >= 0.3 is 0 Å². The highest BCUT2D eigenvalue weighted by Gasteiger charge is 2.26. The first-order valence-corrected chi connectivity index (χ1v) is 7.94. The minimum atomic E-state index is 0.255. The molecule has 0 aromatic carbocycles. The molecule has 0 atom stereocenters. The van der Waals surface area contributed by atoms with Gasteiger partial charge in [0.2, 0.25) is 5.91 Å². The molecule has 0 saturated carbocycles. The highest BCUT2D eigenvalue weighted by molar-refractivity contribution is 5.78. The maximum absolute atomic E-state index is 12.5. The molecule has 1 rings (SSSR count). The van der Waals surface area contributed by atoms with Gasteiger partial charge in [-0.1, -0.05) is 26.7 Å². The third-order valence-electron chi connectivity index (χ3n) is 3.99. The highest BCUT2D eigenvalue weighted by Crippen LogP contribution is 2.18. The Morgan fingerprint density at radius 3 is 2.16 bits per heavy atom. The topological polar surface area (TPSA) is 49.6 Å². The largest absolute Gasteiger partial charge is 0.340 e. The van der Waals surface area contributed by atoms with Gasteiger partial charge < -0.3 is 10.6 Å². The molecule has 0 aromatic heterocycles. The maximum Gasteiger partial charge on any atom is 0.225 e. The van der Waals surface area contributed by atoms with E-state index in [-0.39, 0.29) is 5.92 Å². The Morgan fingerprint density at radius 1 is 1.11 bits per heavy atom. The lowest BCUT2D eigenvalue weighted by Crippen LogP contribution is -2.50. The van der Waals surface area contributed by atoms with Crippen molar-refractivity contribution in [2.45, 2.75) is 46.0 Å². The molecule has 112 valence electrons. The van der Waals surface area contributed by atoms with Crippen LogP contribution in [0.3, 0.4) is 0 Å². The van der Waals surface area contributed by atoms with Gasteiger partial charge in [0.1, 0.15) is 0 Å². The van der Waals surface area contributed by atoms with Crippen LogP contribution < -0.4 is 5.73 Å².